The van der Waals surface area contributed by atoms with Crippen LogP contribution in [0.2, 0.25) is 5.02 Å². The molecule has 7 heteroatoms. The van der Waals surface area contributed by atoms with Crippen molar-refractivity contribution < 1.29 is 19.4 Å². The number of carbonyl (C=O) groups excluding carboxylic acids is 1. The average Bonchev–Trinajstić information content (AvgIpc) is 3.07. The number of ether oxygens (including phenoxy) is 1. The minimum atomic E-state index is -0.911. The molecule has 0 saturated heterocycles. The first kappa shape index (κ1) is 30.7. The topological polar surface area (TPSA) is 70.1 Å². The number of halogens is 1. The smallest absolute Gasteiger partial charge is 0.310 e. The molecule has 2 aromatic rings. The van der Waals surface area contributed by atoms with E-state index in [0.29, 0.717) is 12.2 Å². The number of carboxylic acids is 1. The minimum absolute atomic E-state index is 0.157. The fourth-order valence-corrected chi connectivity index (χ4v) is 5.42. The van der Waals surface area contributed by atoms with E-state index in [1.807, 2.05) is 24.3 Å². The third-order valence-electron chi connectivity index (χ3n) is 7.23. The van der Waals surface area contributed by atoms with E-state index in [1.165, 1.54) is 11.1 Å². The van der Waals surface area contributed by atoms with Gasteiger partial charge in [-0.15, -0.1) is 0 Å². The van der Waals surface area contributed by atoms with Crippen LogP contribution in [0.25, 0.3) is 0 Å². The predicted octanol–water partition coefficient (Wildman–Crippen LogP) is 6.71. The predicted molar refractivity (Wildman–Crippen MR) is 160 cm³/mol. The van der Waals surface area contributed by atoms with Gasteiger partial charge in [-0.25, -0.2) is 0 Å². The van der Waals surface area contributed by atoms with Crippen molar-refractivity contribution in [2.45, 2.75) is 63.7 Å². The molecule has 0 radical (unpaired) electrons. The van der Waals surface area contributed by atoms with E-state index in [9.17, 15) is 14.7 Å². The van der Waals surface area contributed by atoms with E-state index in [1.54, 1.807) is 0 Å². The Bertz CT molecular complexity index is 1120. The summed E-state index contributed by atoms with van der Waals surface area (Å²) < 4.78 is 6.37. The molecule has 2 unspecified atom stereocenters. The van der Waals surface area contributed by atoms with E-state index < -0.39 is 11.9 Å². The molecule has 39 heavy (non-hydrogen) atoms. The van der Waals surface area contributed by atoms with Gasteiger partial charge in [0.25, 0.3) is 0 Å². The molecule has 0 fully saturated rings. The number of aryl methyl sites for hydroxylation is 1. The van der Waals surface area contributed by atoms with E-state index in [2.05, 4.69) is 55.1 Å². The Morgan fingerprint density at radius 1 is 1.18 bits per heavy atom. The summed E-state index contributed by atoms with van der Waals surface area (Å²) in [5.74, 6) is -0.705. The summed E-state index contributed by atoms with van der Waals surface area (Å²) in [7, 11) is 4.13. The first-order chi connectivity index (χ1) is 18.8. The molecule has 0 amide bonds. The molecule has 0 spiro atoms. The van der Waals surface area contributed by atoms with E-state index >= 15 is 0 Å². The Hall–Kier alpha value is -2.83. The van der Waals surface area contributed by atoms with Crippen LogP contribution >= 0.6 is 11.6 Å². The lowest BCUT2D eigenvalue weighted by molar-refractivity contribution is -0.139. The lowest BCUT2D eigenvalue weighted by atomic mass is 9.91. The molecule has 2 atom stereocenters. The third-order valence-corrected chi connectivity index (χ3v) is 7.46. The number of unbranched alkanes of at least 4 members (excludes halogenated alkanes) is 2. The molecule has 2 aromatic carbocycles. The van der Waals surface area contributed by atoms with Gasteiger partial charge in [-0.3, -0.25) is 4.79 Å². The second kappa shape index (κ2) is 15.7. The number of carboxylic acid groups (broad SMARTS) is 1. The third kappa shape index (κ3) is 9.11. The quantitative estimate of drug-likeness (QED) is 0.150. The highest BCUT2D eigenvalue weighted by Crippen LogP contribution is 2.39. The number of carbonyl (C=O) groups is 2. The number of benzene rings is 2. The van der Waals surface area contributed by atoms with Crippen LogP contribution in [0.15, 0.2) is 48.6 Å². The minimum Gasteiger partial charge on any atom is -0.491 e. The van der Waals surface area contributed by atoms with Crippen LogP contribution in [-0.2, 0) is 16.0 Å². The molecule has 6 nitrogen and oxygen atoms in total. The van der Waals surface area contributed by atoms with Gasteiger partial charge in [0, 0.05) is 37.0 Å². The van der Waals surface area contributed by atoms with Crippen LogP contribution in [0, 0.1) is 0 Å². The fraction of sp³-hybridized carbons (Fsp3) is 0.500. The van der Waals surface area contributed by atoms with E-state index in [4.69, 9.17) is 16.3 Å². The van der Waals surface area contributed by atoms with Crippen molar-refractivity contribution in [2.24, 2.45) is 0 Å². The number of hydrogen-bond acceptors (Lipinski definition) is 5. The van der Waals surface area contributed by atoms with Crippen molar-refractivity contribution in [2.75, 3.05) is 45.2 Å². The monoisotopic (exact) mass is 554 g/mol. The SMILES string of the molecule is CCCc1cc(Cl)ccc1C1COc2ccc(C(CCC=O)C(=O)O)cc2N(CCCC/C=C/CN(C)C)C1. The van der Waals surface area contributed by atoms with Gasteiger partial charge in [0.05, 0.1) is 18.2 Å². The Balaban J connectivity index is 1.88. The van der Waals surface area contributed by atoms with Crippen LogP contribution in [0.1, 0.15) is 74.0 Å². The van der Waals surface area contributed by atoms with Crippen molar-refractivity contribution in [1.82, 2.24) is 4.90 Å². The van der Waals surface area contributed by atoms with Gasteiger partial charge in [0.1, 0.15) is 12.0 Å². The van der Waals surface area contributed by atoms with Gasteiger partial charge in [-0.2, -0.15) is 0 Å². The molecule has 1 aliphatic heterocycles. The standard InChI is InChI=1S/C32H43ClN2O4/c1-4-11-24-20-27(33)14-15-28(24)26-22-35(18-9-7-5-6-8-17-34(2)3)30-21-25(13-16-31(30)39-23-26)29(32(37)38)12-10-19-36/h6,8,13-16,19-21,26,29H,4-5,7,9-12,17-18,22-23H2,1-3H3,(H,37,38)/b8-6+. The van der Waals surface area contributed by atoms with Crippen molar-refractivity contribution in [1.29, 1.82) is 0 Å². The van der Waals surface area contributed by atoms with Crippen LogP contribution in [0.4, 0.5) is 5.69 Å². The number of aliphatic carboxylic acids is 1. The second-order valence-corrected chi connectivity index (χ2v) is 11.1. The van der Waals surface area contributed by atoms with Crippen molar-refractivity contribution in [3.63, 3.8) is 0 Å². The summed E-state index contributed by atoms with van der Waals surface area (Å²) in [5.41, 5.74) is 4.16. The maximum atomic E-state index is 12.0. The number of anilines is 1. The van der Waals surface area contributed by atoms with Crippen LogP contribution in [-0.4, -0.2) is 62.6 Å². The Morgan fingerprint density at radius 3 is 2.72 bits per heavy atom. The molecule has 0 bridgehead atoms. The molecular formula is C32H43ClN2O4. The van der Waals surface area contributed by atoms with Crippen molar-refractivity contribution in [3.8, 4) is 5.75 Å². The number of hydrogen-bond donors (Lipinski definition) is 1. The van der Waals surface area contributed by atoms with Crippen molar-refractivity contribution in [3.05, 3.63) is 70.3 Å². The van der Waals surface area contributed by atoms with Gasteiger partial charge in [-0.1, -0.05) is 49.2 Å². The summed E-state index contributed by atoms with van der Waals surface area (Å²) in [6, 6.07) is 11.9. The van der Waals surface area contributed by atoms with E-state index in [-0.39, 0.29) is 18.8 Å². The molecule has 0 saturated carbocycles. The normalized spacial score (nSPS) is 16.1. The highest BCUT2D eigenvalue weighted by molar-refractivity contribution is 6.30. The summed E-state index contributed by atoms with van der Waals surface area (Å²) in [5, 5.41) is 10.6. The molecule has 3 rings (SSSR count). The van der Waals surface area contributed by atoms with Gasteiger partial charge in [0.2, 0.25) is 0 Å². The molecule has 1 aliphatic rings. The number of nitrogens with zero attached hydrogens (tertiary/aromatic N) is 2. The summed E-state index contributed by atoms with van der Waals surface area (Å²) in [4.78, 5) is 27.5. The first-order valence-electron chi connectivity index (χ1n) is 14.1. The molecular weight excluding hydrogens is 512 g/mol. The van der Waals surface area contributed by atoms with Gasteiger partial charge >= 0.3 is 5.97 Å². The lowest BCUT2D eigenvalue weighted by Crippen LogP contribution is -2.30. The van der Waals surface area contributed by atoms with Gasteiger partial charge < -0.3 is 24.4 Å². The Morgan fingerprint density at radius 2 is 2.00 bits per heavy atom. The van der Waals surface area contributed by atoms with Crippen LogP contribution in [0.3, 0.4) is 0 Å². The maximum absolute atomic E-state index is 12.0. The number of likely N-dealkylation sites (N-methyl/N-ethyl adjacent to an activating group) is 1. The molecule has 1 N–H and O–H groups in total. The zero-order valence-corrected chi connectivity index (χ0v) is 24.3. The highest BCUT2D eigenvalue weighted by atomic mass is 35.5. The molecule has 0 aliphatic carbocycles. The number of aldehydes is 1. The number of fused-ring (bicyclic) bond motifs is 1. The molecule has 1 heterocycles. The zero-order chi connectivity index (χ0) is 28.2. The molecule has 212 valence electrons. The second-order valence-electron chi connectivity index (χ2n) is 10.6. The molecule has 0 aromatic heterocycles. The number of allylic oxidation sites excluding steroid dienone is 1. The highest BCUT2D eigenvalue weighted by Gasteiger charge is 2.28. The summed E-state index contributed by atoms with van der Waals surface area (Å²) in [6.45, 7) is 5.28. The Labute approximate surface area is 238 Å². The van der Waals surface area contributed by atoms with Gasteiger partial charge in [-0.05, 0) is 87.2 Å². The maximum Gasteiger partial charge on any atom is 0.310 e. The summed E-state index contributed by atoms with van der Waals surface area (Å²) >= 11 is 6.35. The first-order valence-corrected chi connectivity index (χ1v) is 14.5. The van der Waals surface area contributed by atoms with Gasteiger partial charge in [0.15, 0.2) is 0 Å². The lowest BCUT2D eigenvalue weighted by Gasteiger charge is -2.28. The summed E-state index contributed by atoms with van der Waals surface area (Å²) in [6.07, 6.45) is 10.8. The number of rotatable bonds is 15. The van der Waals surface area contributed by atoms with Crippen molar-refractivity contribution >= 4 is 29.5 Å². The van der Waals surface area contributed by atoms with Crippen LogP contribution < -0.4 is 9.64 Å². The fourth-order valence-electron chi connectivity index (χ4n) is 5.22. The average molecular weight is 555 g/mol. The zero-order valence-electron chi connectivity index (χ0n) is 23.6. The van der Waals surface area contributed by atoms with Crippen LogP contribution in [0.5, 0.6) is 5.75 Å². The largest absolute Gasteiger partial charge is 0.491 e. The van der Waals surface area contributed by atoms with E-state index in [0.717, 1.165) is 74.5 Å². The Kier molecular flexibility index (Phi) is 12.3.